The first-order chi connectivity index (χ1) is 30.1. The normalized spacial score (nSPS) is 35.6. The van der Waals surface area contributed by atoms with Crippen LogP contribution in [0.5, 0.6) is 0 Å². The molecule has 356 valence electrons. The second-order valence-electron chi connectivity index (χ2n) is 15.0. The fraction of sp³-hybridized carbons (Fsp3) is 0.500. The molecule has 0 aromatic heterocycles. The zero-order valence-electron chi connectivity index (χ0n) is 34.0. The molecule has 18 atom stereocenters. The van der Waals surface area contributed by atoms with E-state index in [4.69, 9.17) is 16.8 Å². The monoisotopic (exact) mass is 1260 g/mol. The van der Waals surface area contributed by atoms with Crippen LogP contribution in [0.25, 0.3) is 0 Å². The number of hydrogen-bond acceptors (Lipinski definition) is 24. The van der Waals surface area contributed by atoms with Gasteiger partial charge in [0.15, 0.2) is 0 Å². The molecule has 25 nitrogen and oxygen atoms in total. The molecular formula is C36H49N3NaO22Sb3. The van der Waals surface area contributed by atoms with Gasteiger partial charge in [-0.05, 0) is 0 Å². The summed E-state index contributed by atoms with van der Waals surface area (Å²) in [5, 5.41) is 129. The first kappa shape index (κ1) is 55.1. The van der Waals surface area contributed by atoms with E-state index in [1.165, 1.54) is 36.4 Å². The first-order valence-electron chi connectivity index (χ1n) is 19.3. The molecule has 29 heteroatoms. The number of anilines is 3. The van der Waals surface area contributed by atoms with Crippen LogP contribution >= 0.6 is 0 Å². The Balaban J connectivity index is 0.00000793. The summed E-state index contributed by atoms with van der Waals surface area (Å²) in [5.41, 5.74) is 0.321. The number of hydrogen-bond donors (Lipinski definition) is 16. The quantitative estimate of drug-likeness (QED) is 0.0592. The fourth-order valence-electron chi connectivity index (χ4n) is 6.87. The van der Waals surface area contributed by atoms with Crippen molar-refractivity contribution < 1.29 is 123 Å². The Morgan fingerprint density at radius 1 is 0.462 bits per heavy atom. The van der Waals surface area contributed by atoms with Crippen molar-refractivity contribution in [2.24, 2.45) is 0 Å². The molecule has 0 aliphatic carbocycles. The van der Waals surface area contributed by atoms with Gasteiger partial charge in [-0.1, -0.05) is 0 Å². The molecule has 0 amide bonds. The Kier molecular flexibility index (Phi) is 19.4. The summed E-state index contributed by atoms with van der Waals surface area (Å²) in [4.78, 5) is 0. The Bertz CT molecular complexity index is 2060. The van der Waals surface area contributed by atoms with Gasteiger partial charge in [0.25, 0.3) is 0 Å². The number of ether oxygens (including phenoxy) is 3. The topological polar surface area (TPSA) is 420 Å². The van der Waals surface area contributed by atoms with Crippen molar-refractivity contribution in [1.29, 1.82) is 0 Å². The standard InChI is InChI=1S/3C12H16NO5.Na.H2O.6O.3Sb/c3*14-6-8-9(15)10(16)11(17)12(18-8)13-7-4-2-1-3-5-7;;;;;;;;;;;/h3*2-5,8-17H,6H2;;1H2;;;;;;;;;/q;;;+1;;;;;;;-1;;;+1/p-1/t3*8-,9-,10+,11-,12-;;;;;;;;;;;/m111.........../s1. The summed E-state index contributed by atoms with van der Waals surface area (Å²) in [6, 6.07) is 13.4. The molecule has 65 heavy (non-hydrogen) atoms. The first-order valence-corrected chi connectivity index (χ1v) is 32.6. The molecule has 3 saturated heterocycles. The van der Waals surface area contributed by atoms with Crippen molar-refractivity contribution in [2.75, 3.05) is 35.8 Å². The minimum absolute atomic E-state index is 0. The Hall–Kier alpha value is -0.845. The van der Waals surface area contributed by atoms with Gasteiger partial charge in [0.2, 0.25) is 0 Å². The number of nitrogens with one attached hydrogen (secondary N) is 3. The second kappa shape index (κ2) is 22.9. The van der Waals surface area contributed by atoms with Gasteiger partial charge >= 0.3 is 410 Å². The molecular weight excluding hydrogens is 1210 g/mol. The molecule has 6 rings (SSSR count). The van der Waals surface area contributed by atoms with E-state index in [0.29, 0.717) is 0 Å². The van der Waals surface area contributed by atoms with Gasteiger partial charge in [0, 0.05) is 0 Å². The summed E-state index contributed by atoms with van der Waals surface area (Å²) < 4.78 is 93.7. The molecule has 3 aromatic rings. The molecule has 0 radical (unpaired) electrons. The van der Waals surface area contributed by atoms with E-state index in [0.717, 1.165) is 36.4 Å². The van der Waals surface area contributed by atoms with Crippen LogP contribution in [-0.4, -0.2) is 235 Å². The van der Waals surface area contributed by atoms with E-state index in [2.05, 4.69) is 16.0 Å². The van der Waals surface area contributed by atoms with Gasteiger partial charge in [0.05, 0.1) is 0 Å². The average Bonchev–Trinajstić information content (AvgIpc) is 3.27. The second-order valence-corrected chi connectivity index (χ2v) is 35.3. The third kappa shape index (κ3) is 12.6. The minimum atomic E-state index is -6.73. The van der Waals surface area contributed by atoms with Gasteiger partial charge in [-0.3, -0.25) is 0 Å². The fourth-order valence-corrected chi connectivity index (χ4v) is 36.7. The van der Waals surface area contributed by atoms with Crippen molar-refractivity contribution in [3.63, 3.8) is 0 Å². The third-order valence-corrected chi connectivity index (χ3v) is 37.7. The van der Waals surface area contributed by atoms with E-state index in [1.807, 2.05) is 0 Å². The Morgan fingerprint density at radius 3 is 1.06 bits per heavy atom. The summed E-state index contributed by atoms with van der Waals surface area (Å²) in [6.45, 7) is -2.13. The molecule has 3 heterocycles. The number of benzene rings is 3. The Morgan fingerprint density at radius 2 is 0.754 bits per heavy atom. The van der Waals surface area contributed by atoms with Crippen LogP contribution in [-0.2, 0) is 25.9 Å². The Labute approximate surface area is 406 Å². The zero-order valence-corrected chi connectivity index (χ0v) is 43.7. The van der Waals surface area contributed by atoms with Crippen LogP contribution in [0.15, 0.2) is 72.8 Å². The predicted octanol–water partition coefficient (Wildman–Crippen LogP) is -12.2. The average molecular weight is 1260 g/mol. The van der Waals surface area contributed by atoms with Crippen molar-refractivity contribution in [2.45, 2.75) is 91.9 Å². The third-order valence-electron chi connectivity index (χ3n) is 10.6. The van der Waals surface area contributed by atoms with Crippen molar-refractivity contribution in [3.8, 4) is 0 Å². The maximum absolute atomic E-state index is 14.8. The van der Waals surface area contributed by atoms with Crippen molar-refractivity contribution in [3.05, 3.63) is 72.8 Å². The molecule has 3 aliphatic heterocycles. The van der Waals surface area contributed by atoms with Crippen LogP contribution in [0, 0.1) is 0 Å². The van der Waals surface area contributed by atoms with Crippen LogP contribution in [0.1, 0.15) is 0 Å². The summed E-state index contributed by atoms with van der Waals surface area (Å²) >= 11 is -19.9. The van der Waals surface area contributed by atoms with E-state index >= 15 is 0 Å². The number of aliphatic hydroxyl groups excluding tert-OH is 12. The van der Waals surface area contributed by atoms with Crippen LogP contribution in [0.3, 0.4) is 0 Å². The van der Waals surface area contributed by atoms with Gasteiger partial charge in [-0.15, -0.1) is 0 Å². The van der Waals surface area contributed by atoms with E-state index in [1.54, 1.807) is 0 Å². The number of rotatable bonds is 16. The molecule has 16 N–H and O–H groups in total. The SMILES string of the molecule is [Na+].[O]=[Sb]([O-])([O][Sb](=[O])([O][Sb](=[O])([OH])[c]1ccc(N[C@@H]2O[C@H](CO)[C@@H](O)[C@H](O)[C@H]2O)cc1)[c]1ccc(N[C@@H]2O[C@H](CO)[C@@H](O)[C@H](O)[C@H]2O)cc1)[c]1ccc(N[C@@H]2O[C@H](CO)[C@@H](O)[C@H](O)[C@H]2O)cc1. The summed E-state index contributed by atoms with van der Waals surface area (Å²) in [7, 11) is 0. The predicted molar refractivity (Wildman–Crippen MR) is 214 cm³/mol. The summed E-state index contributed by atoms with van der Waals surface area (Å²) in [5.74, 6) is 0. The summed E-state index contributed by atoms with van der Waals surface area (Å²) in [6.07, 6.45) is -23.1. The van der Waals surface area contributed by atoms with Crippen LogP contribution < -0.4 is 59.4 Å². The molecule has 3 fully saturated rings. The molecule has 0 bridgehead atoms. The molecule has 0 saturated carbocycles. The molecule has 3 aromatic carbocycles. The van der Waals surface area contributed by atoms with Gasteiger partial charge < -0.3 is 0 Å². The van der Waals surface area contributed by atoms with Crippen molar-refractivity contribution >= 4 is 86.5 Å². The molecule has 0 spiro atoms. The van der Waals surface area contributed by atoms with E-state index in [-0.39, 0.29) is 46.6 Å². The molecule has 3 unspecified atom stereocenters. The van der Waals surface area contributed by atoms with Gasteiger partial charge in [-0.25, -0.2) is 0 Å². The zero-order chi connectivity index (χ0) is 46.9. The van der Waals surface area contributed by atoms with E-state index in [9.17, 15) is 77.1 Å². The maximum atomic E-state index is 14.8. The van der Waals surface area contributed by atoms with Crippen molar-refractivity contribution in [1.82, 2.24) is 0 Å². The molecule has 3 aliphatic rings. The van der Waals surface area contributed by atoms with Gasteiger partial charge in [0.1, 0.15) is 0 Å². The van der Waals surface area contributed by atoms with Gasteiger partial charge in [-0.2, -0.15) is 0 Å². The van der Waals surface area contributed by atoms with Crippen LogP contribution in [0.4, 0.5) is 17.1 Å². The number of aliphatic hydroxyl groups is 12. The van der Waals surface area contributed by atoms with E-state index < -0.39 is 181 Å². The van der Waals surface area contributed by atoms with Crippen LogP contribution in [0.2, 0.25) is 0 Å².